The van der Waals surface area contributed by atoms with Crippen molar-refractivity contribution in [1.29, 1.82) is 0 Å². The van der Waals surface area contributed by atoms with Crippen molar-refractivity contribution in [2.45, 2.75) is 13.0 Å². The predicted octanol–water partition coefficient (Wildman–Crippen LogP) is 2.16. The highest BCUT2D eigenvalue weighted by Gasteiger charge is 2.28. The lowest BCUT2D eigenvalue weighted by atomic mass is 10.0. The smallest absolute Gasteiger partial charge is 0.354 e. The van der Waals surface area contributed by atoms with Gasteiger partial charge in [0.1, 0.15) is 12.8 Å². The number of nitrogens with zero attached hydrogens (tertiary/aromatic N) is 2. The molecular formula is C22H21N3O2Si+. The van der Waals surface area contributed by atoms with E-state index in [4.69, 9.17) is 0 Å². The van der Waals surface area contributed by atoms with E-state index in [0.29, 0.717) is 11.2 Å². The lowest BCUT2D eigenvalue weighted by molar-refractivity contribution is -0.316. The molecule has 1 radical (unpaired) electrons. The number of amidine groups is 1. The van der Waals surface area contributed by atoms with E-state index in [-0.39, 0.29) is 6.61 Å². The molecule has 28 heavy (non-hydrogen) atoms. The fourth-order valence-electron chi connectivity index (χ4n) is 3.34. The predicted molar refractivity (Wildman–Crippen MR) is 114 cm³/mol. The molecule has 0 amide bonds. The van der Waals surface area contributed by atoms with Crippen LogP contribution in [-0.2, 0) is 6.42 Å². The molecule has 0 spiro atoms. The van der Waals surface area contributed by atoms with Crippen LogP contribution in [0.5, 0.6) is 0 Å². The van der Waals surface area contributed by atoms with E-state index in [9.17, 15) is 9.90 Å². The molecule has 5 nitrogen and oxygen atoms in total. The van der Waals surface area contributed by atoms with Gasteiger partial charge in [-0.1, -0.05) is 29.1 Å². The van der Waals surface area contributed by atoms with Crippen molar-refractivity contribution >= 4 is 25.9 Å². The summed E-state index contributed by atoms with van der Waals surface area (Å²) < 4.78 is 1.67. The zero-order chi connectivity index (χ0) is 19.5. The SMILES string of the molecule is C[Si](O)C1=NC=C/[N+]1=C(/C#Cc1ccc(-c2ccc3c(c2)CCN3)cc1)CO. The molecule has 0 bridgehead atoms. The maximum absolute atomic E-state index is 9.89. The fraction of sp³-hybridized carbons (Fsp3) is 0.182. The molecule has 4 rings (SSSR count). The molecule has 2 aromatic carbocycles. The van der Waals surface area contributed by atoms with Gasteiger partial charge in [-0.15, -0.1) is 0 Å². The van der Waals surface area contributed by atoms with Gasteiger partial charge < -0.3 is 15.2 Å². The minimum Gasteiger partial charge on any atom is -0.422 e. The average molecular weight is 388 g/mol. The van der Waals surface area contributed by atoms with Gasteiger partial charge in [0.25, 0.3) is 5.46 Å². The van der Waals surface area contributed by atoms with Crippen molar-refractivity contribution in [3.8, 4) is 23.0 Å². The third-order valence-electron chi connectivity index (χ3n) is 4.79. The molecule has 2 aromatic rings. The number of anilines is 1. The lowest BCUT2D eigenvalue weighted by Crippen LogP contribution is -2.33. The zero-order valence-corrected chi connectivity index (χ0v) is 16.6. The Bertz CT molecular complexity index is 1060. The lowest BCUT2D eigenvalue weighted by Gasteiger charge is -2.05. The first kappa shape index (κ1) is 18.4. The van der Waals surface area contributed by atoms with Crippen molar-refractivity contribution in [1.82, 2.24) is 0 Å². The van der Waals surface area contributed by atoms with Gasteiger partial charge in [0, 0.05) is 17.8 Å². The molecule has 0 saturated carbocycles. The van der Waals surface area contributed by atoms with E-state index in [2.05, 4.69) is 52.5 Å². The van der Waals surface area contributed by atoms with Crippen LogP contribution < -0.4 is 5.32 Å². The first-order valence-electron chi connectivity index (χ1n) is 9.18. The van der Waals surface area contributed by atoms with E-state index in [1.807, 2.05) is 12.1 Å². The molecule has 0 atom stereocenters. The van der Waals surface area contributed by atoms with Gasteiger partial charge in [-0.3, -0.25) is 0 Å². The van der Waals surface area contributed by atoms with E-state index < -0.39 is 9.04 Å². The van der Waals surface area contributed by atoms with Crippen molar-refractivity contribution in [3.63, 3.8) is 0 Å². The summed E-state index contributed by atoms with van der Waals surface area (Å²) in [5.74, 6) is 6.11. The summed E-state index contributed by atoms with van der Waals surface area (Å²) in [6.07, 6.45) is 4.39. The normalized spacial score (nSPS) is 16.4. The molecule has 6 heteroatoms. The summed E-state index contributed by atoms with van der Waals surface area (Å²) in [5, 5.41) is 13.1. The topological polar surface area (TPSA) is 67.9 Å². The Morgan fingerprint density at radius 2 is 2.00 bits per heavy atom. The number of aliphatic hydroxyl groups excluding tert-OH is 1. The van der Waals surface area contributed by atoms with Gasteiger partial charge in [0.15, 0.2) is 11.9 Å². The van der Waals surface area contributed by atoms with Crippen LogP contribution in [0.4, 0.5) is 5.69 Å². The molecule has 0 saturated heterocycles. The van der Waals surface area contributed by atoms with E-state index in [1.54, 1.807) is 23.5 Å². The van der Waals surface area contributed by atoms with Crippen molar-refractivity contribution in [2.75, 3.05) is 18.5 Å². The molecule has 2 aliphatic heterocycles. The Morgan fingerprint density at radius 3 is 2.75 bits per heavy atom. The number of benzene rings is 2. The Balaban J connectivity index is 1.57. The maximum Gasteiger partial charge on any atom is 0.354 e. The molecule has 0 unspecified atom stereocenters. The second kappa shape index (κ2) is 7.95. The first-order valence-corrected chi connectivity index (χ1v) is 11.1. The minimum absolute atomic E-state index is 0.216. The molecule has 0 aromatic heterocycles. The van der Waals surface area contributed by atoms with Crippen LogP contribution >= 0.6 is 0 Å². The van der Waals surface area contributed by atoms with E-state index >= 15 is 0 Å². The van der Waals surface area contributed by atoms with Crippen LogP contribution in [0.1, 0.15) is 11.1 Å². The third-order valence-corrected chi connectivity index (χ3v) is 5.81. The van der Waals surface area contributed by atoms with Gasteiger partial charge in [-0.05, 0) is 59.8 Å². The zero-order valence-electron chi connectivity index (χ0n) is 15.6. The first-order chi connectivity index (χ1) is 13.7. The molecular weight excluding hydrogens is 366 g/mol. The number of nitrogens with one attached hydrogen (secondary N) is 1. The van der Waals surface area contributed by atoms with Crippen LogP contribution in [0.15, 0.2) is 59.9 Å². The highest BCUT2D eigenvalue weighted by atomic mass is 28.3. The number of hydrogen-bond donors (Lipinski definition) is 3. The number of aliphatic hydroxyl groups is 1. The van der Waals surface area contributed by atoms with Gasteiger partial charge >= 0.3 is 9.04 Å². The van der Waals surface area contributed by atoms with Crippen LogP contribution in [0.3, 0.4) is 0 Å². The summed E-state index contributed by atoms with van der Waals surface area (Å²) in [6, 6.07) is 14.6. The summed E-state index contributed by atoms with van der Waals surface area (Å²) in [4.78, 5) is 14.1. The molecule has 3 N–H and O–H groups in total. The highest BCUT2D eigenvalue weighted by Crippen LogP contribution is 2.28. The molecule has 2 aliphatic rings. The highest BCUT2D eigenvalue weighted by molar-refractivity contribution is 6.82. The Kier molecular flexibility index (Phi) is 5.22. The summed E-state index contributed by atoms with van der Waals surface area (Å²) in [7, 11) is -1.73. The quantitative estimate of drug-likeness (QED) is 0.430. The van der Waals surface area contributed by atoms with Crippen LogP contribution in [0.25, 0.3) is 11.1 Å². The largest absolute Gasteiger partial charge is 0.422 e. The summed E-state index contributed by atoms with van der Waals surface area (Å²) in [5.41, 5.74) is 6.88. The van der Waals surface area contributed by atoms with Crippen molar-refractivity contribution in [3.05, 3.63) is 66.0 Å². The van der Waals surface area contributed by atoms with Crippen LogP contribution in [-0.4, -0.2) is 47.8 Å². The molecule has 0 fully saturated rings. The average Bonchev–Trinajstić information content (AvgIpc) is 3.38. The monoisotopic (exact) mass is 387 g/mol. The van der Waals surface area contributed by atoms with E-state index in [0.717, 1.165) is 24.1 Å². The minimum atomic E-state index is -1.73. The van der Waals surface area contributed by atoms with Crippen LogP contribution in [0.2, 0.25) is 6.55 Å². The Hall–Kier alpha value is -2.98. The summed E-state index contributed by atoms with van der Waals surface area (Å²) >= 11 is 0. The second-order valence-electron chi connectivity index (χ2n) is 6.69. The molecule has 139 valence electrons. The third kappa shape index (κ3) is 3.69. The molecule has 0 aliphatic carbocycles. The van der Waals surface area contributed by atoms with Crippen molar-refractivity contribution < 1.29 is 14.5 Å². The van der Waals surface area contributed by atoms with Gasteiger partial charge in [0.2, 0.25) is 0 Å². The summed E-state index contributed by atoms with van der Waals surface area (Å²) in [6.45, 7) is 2.53. The standard InChI is InChI=1S/C22H20N3O2Si/c1-28(27)22-24-12-13-25(22)20(15-26)8-4-16-2-5-17(6-3-16)18-7-9-21-19(14-18)10-11-23-21/h2-3,5-7,9,12-14,26-27H,10-11,15H2,1H3/p+1. The second-order valence-corrected chi connectivity index (χ2v) is 8.31. The van der Waals surface area contributed by atoms with Gasteiger partial charge in [-0.2, -0.15) is 4.58 Å². The Morgan fingerprint density at radius 1 is 1.21 bits per heavy atom. The Labute approximate surface area is 166 Å². The number of rotatable bonds is 3. The van der Waals surface area contributed by atoms with Crippen molar-refractivity contribution in [2.24, 2.45) is 4.99 Å². The maximum atomic E-state index is 9.89. The van der Waals surface area contributed by atoms with E-state index in [1.165, 1.54) is 16.8 Å². The van der Waals surface area contributed by atoms with Gasteiger partial charge in [-0.25, -0.2) is 0 Å². The molecule has 2 heterocycles. The fourth-order valence-corrected chi connectivity index (χ4v) is 4.16. The van der Waals surface area contributed by atoms with Gasteiger partial charge in [0.05, 0.1) is 0 Å². The number of hydrogen-bond acceptors (Lipinski definition) is 4. The number of fused-ring (bicyclic) bond motifs is 1. The number of aliphatic imine (C=N–C) groups is 1. The van der Waals surface area contributed by atoms with Crippen LogP contribution in [0, 0.1) is 11.8 Å².